The number of ether oxygens (including phenoxy) is 1. The van der Waals surface area contributed by atoms with Crippen molar-refractivity contribution in [3.63, 3.8) is 0 Å². The molecule has 3 nitrogen and oxygen atoms in total. The summed E-state index contributed by atoms with van der Waals surface area (Å²) in [6, 6.07) is 23.9. The van der Waals surface area contributed by atoms with E-state index in [1.807, 2.05) is 11.6 Å². The molecule has 1 unspecified atom stereocenters. The Bertz CT molecular complexity index is 1620. The highest BCUT2D eigenvalue weighted by Crippen LogP contribution is 2.47. The van der Waals surface area contributed by atoms with Crippen LogP contribution in [0.5, 0.6) is 11.5 Å². The second-order valence-corrected chi connectivity index (χ2v) is 13.1. The van der Waals surface area contributed by atoms with Crippen LogP contribution in [0.25, 0.3) is 16.8 Å². The molecule has 3 aromatic carbocycles. The second-order valence-electron chi connectivity index (χ2n) is 13.1. The van der Waals surface area contributed by atoms with E-state index in [2.05, 4.69) is 140 Å². The van der Waals surface area contributed by atoms with Gasteiger partial charge < -0.3 is 4.74 Å². The van der Waals surface area contributed by atoms with E-state index < -0.39 is 0 Å². The molecule has 206 valence electrons. The number of rotatable bonds is 5. The fraction of sp³-hybridized carbons (Fsp3) is 0.324. The summed E-state index contributed by atoms with van der Waals surface area (Å²) in [5.74, 6) is 1.84. The Kier molecular flexibility index (Phi) is 7.12. The molecule has 0 saturated heterocycles. The average Bonchev–Trinajstić information content (AvgIpc) is 3.38. The third-order valence-corrected chi connectivity index (χ3v) is 7.84. The Hall–Kier alpha value is -3.85. The van der Waals surface area contributed by atoms with E-state index in [-0.39, 0.29) is 16.7 Å². The summed E-state index contributed by atoms with van der Waals surface area (Å²) < 4.78 is 8.63. The van der Waals surface area contributed by atoms with E-state index >= 15 is 0 Å². The summed E-state index contributed by atoms with van der Waals surface area (Å²) in [6.45, 7) is 19.7. The minimum Gasteiger partial charge on any atom is -0.457 e. The van der Waals surface area contributed by atoms with Gasteiger partial charge in [-0.25, -0.2) is 4.68 Å². The zero-order chi connectivity index (χ0) is 28.8. The van der Waals surface area contributed by atoms with E-state index in [1.165, 1.54) is 33.4 Å². The van der Waals surface area contributed by atoms with E-state index in [1.54, 1.807) is 0 Å². The second kappa shape index (κ2) is 10.3. The lowest BCUT2D eigenvalue weighted by Gasteiger charge is -2.22. The first-order valence-corrected chi connectivity index (χ1v) is 14.3. The van der Waals surface area contributed by atoms with Gasteiger partial charge in [-0.1, -0.05) is 90.1 Å². The Morgan fingerprint density at radius 2 is 1.55 bits per heavy atom. The van der Waals surface area contributed by atoms with Gasteiger partial charge in [0.15, 0.2) is 0 Å². The molecule has 1 aliphatic carbocycles. The van der Waals surface area contributed by atoms with Gasteiger partial charge in [0.2, 0.25) is 0 Å². The summed E-state index contributed by atoms with van der Waals surface area (Å²) in [4.78, 5) is 0. The molecule has 5 rings (SSSR count). The molecule has 1 aromatic heterocycles. The maximum absolute atomic E-state index is 6.62. The van der Waals surface area contributed by atoms with Gasteiger partial charge in [0, 0.05) is 17.7 Å². The van der Waals surface area contributed by atoms with Crippen molar-refractivity contribution in [2.75, 3.05) is 0 Å². The van der Waals surface area contributed by atoms with Crippen molar-refractivity contribution in [1.82, 2.24) is 9.78 Å². The fourth-order valence-corrected chi connectivity index (χ4v) is 5.70. The number of hydrogen-bond donors (Lipinski definition) is 0. The van der Waals surface area contributed by atoms with E-state index in [0.29, 0.717) is 0 Å². The molecule has 3 heteroatoms. The Morgan fingerprint density at radius 3 is 2.20 bits per heavy atom. The molecule has 1 aliphatic rings. The number of aromatic nitrogens is 2. The first kappa shape index (κ1) is 27.7. The quantitative estimate of drug-likeness (QED) is 0.240. The van der Waals surface area contributed by atoms with Crippen molar-refractivity contribution in [1.29, 1.82) is 0 Å². The van der Waals surface area contributed by atoms with Crippen molar-refractivity contribution in [3.8, 4) is 28.3 Å². The minimum absolute atomic E-state index is 0.0305. The number of aryl methyl sites for hydroxylation is 2. The lowest BCUT2D eigenvalue weighted by atomic mass is 9.85. The van der Waals surface area contributed by atoms with Crippen LogP contribution in [-0.4, -0.2) is 9.78 Å². The van der Waals surface area contributed by atoms with Crippen LogP contribution in [0, 0.1) is 19.3 Å². The largest absolute Gasteiger partial charge is 0.457 e. The molecule has 0 bridgehead atoms. The Balaban J connectivity index is 1.55. The highest BCUT2D eigenvalue weighted by molar-refractivity contribution is 5.80. The van der Waals surface area contributed by atoms with Crippen LogP contribution in [0.4, 0.5) is 0 Å². The van der Waals surface area contributed by atoms with Crippen LogP contribution >= 0.6 is 0 Å². The SMILES string of the molecule is C/C=C(\C=C\C1c2ccccc2-c2ccc(Oc3cc(-n4nc(C)cc4C)cc(C(C)(C)C)c3)cc21)C(C)(C)C. The van der Waals surface area contributed by atoms with E-state index in [9.17, 15) is 0 Å². The summed E-state index contributed by atoms with van der Waals surface area (Å²) in [6.07, 6.45) is 6.88. The number of nitrogens with zero attached hydrogens (tertiary/aromatic N) is 2. The van der Waals surface area contributed by atoms with Gasteiger partial charge in [-0.2, -0.15) is 5.10 Å². The molecule has 40 heavy (non-hydrogen) atoms. The molecule has 0 spiro atoms. The van der Waals surface area contributed by atoms with Crippen molar-refractivity contribution in [3.05, 3.63) is 119 Å². The molecule has 1 heterocycles. The number of benzene rings is 3. The van der Waals surface area contributed by atoms with E-state index in [0.717, 1.165) is 28.6 Å². The molecule has 4 aromatic rings. The van der Waals surface area contributed by atoms with Gasteiger partial charge in [0.1, 0.15) is 11.5 Å². The molecule has 0 amide bonds. The summed E-state index contributed by atoms with van der Waals surface area (Å²) in [7, 11) is 0. The van der Waals surface area contributed by atoms with Crippen molar-refractivity contribution in [2.45, 2.75) is 73.6 Å². The highest BCUT2D eigenvalue weighted by Gasteiger charge is 2.28. The molecular formula is C37H42N2O. The zero-order valence-corrected chi connectivity index (χ0v) is 25.5. The molecule has 0 fully saturated rings. The lowest BCUT2D eigenvalue weighted by molar-refractivity contribution is 0.477. The normalized spacial score (nSPS) is 15.4. The number of hydrogen-bond acceptors (Lipinski definition) is 2. The predicted molar refractivity (Wildman–Crippen MR) is 168 cm³/mol. The monoisotopic (exact) mass is 530 g/mol. The molecule has 0 radical (unpaired) electrons. The van der Waals surface area contributed by atoms with Crippen LogP contribution in [-0.2, 0) is 5.41 Å². The molecule has 0 N–H and O–H groups in total. The standard InChI is InChI=1S/C37H42N2O/c1-10-26(36(4,5)6)15-17-33-31-13-11-12-14-32(31)34-18-16-29(23-35(33)34)40-30-21-27(37(7,8)9)20-28(22-30)39-25(3)19-24(2)38-39/h10-23,33H,1-9H3/b17-15+,26-10+. The van der Waals surface area contributed by atoms with Crippen LogP contribution in [0.2, 0.25) is 0 Å². The molecule has 0 aliphatic heterocycles. The van der Waals surface area contributed by atoms with Crippen molar-refractivity contribution < 1.29 is 4.74 Å². The summed E-state index contributed by atoms with van der Waals surface area (Å²) >= 11 is 0. The predicted octanol–water partition coefficient (Wildman–Crippen LogP) is 10.2. The first-order valence-electron chi connectivity index (χ1n) is 14.3. The van der Waals surface area contributed by atoms with Gasteiger partial charge in [-0.3, -0.25) is 0 Å². The van der Waals surface area contributed by atoms with Crippen LogP contribution in [0.15, 0.2) is 90.5 Å². The highest BCUT2D eigenvalue weighted by atomic mass is 16.5. The van der Waals surface area contributed by atoms with E-state index in [4.69, 9.17) is 9.84 Å². The van der Waals surface area contributed by atoms with Crippen LogP contribution in [0.1, 0.15) is 82.5 Å². The molecular weight excluding hydrogens is 488 g/mol. The topological polar surface area (TPSA) is 27.1 Å². The Morgan fingerprint density at radius 1 is 0.825 bits per heavy atom. The minimum atomic E-state index is -0.0305. The summed E-state index contributed by atoms with van der Waals surface area (Å²) in [5.41, 5.74) is 11.0. The fourth-order valence-electron chi connectivity index (χ4n) is 5.70. The van der Waals surface area contributed by atoms with Crippen molar-refractivity contribution in [2.24, 2.45) is 5.41 Å². The smallest absolute Gasteiger partial charge is 0.129 e. The zero-order valence-electron chi connectivity index (χ0n) is 25.5. The Labute approximate surface area is 240 Å². The molecule has 0 saturated carbocycles. The maximum atomic E-state index is 6.62. The van der Waals surface area contributed by atoms with Gasteiger partial charge in [-0.05, 0) is 95.3 Å². The van der Waals surface area contributed by atoms with Gasteiger partial charge >= 0.3 is 0 Å². The third kappa shape index (κ3) is 5.43. The average molecular weight is 531 g/mol. The van der Waals surface area contributed by atoms with Gasteiger partial charge in [0.05, 0.1) is 11.4 Å². The van der Waals surface area contributed by atoms with Gasteiger partial charge in [-0.15, -0.1) is 0 Å². The maximum Gasteiger partial charge on any atom is 0.129 e. The third-order valence-electron chi connectivity index (χ3n) is 7.84. The summed E-state index contributed by atoms with van der Waals surface area (Å²) in [5, 5.41) is 4.74. The van der Waals surface area contributed by atoms with Crippen molar-refractivity contribution >= 4 is 0 Å². The first-order chi connectivity index (χ1) is 18.8. The lowest BCUT2D eigenvalue weighted by Crippen LogP contribution is -2.12. The van der Waals surface area contributed by atoms with Crippen LogP contribution in [0.3, 0.4) is 0 Å². The number of fused-ring (bicyclic) bond motifs is 3. The number of allylic oxidation sites excluding steroid dienone is 4. The van der Waals surface area contributed by atoms with Gasteiger partial charge in [0.25, 0.3) is 0 Å². The molecule has 1 atom stereocenters. The van der Waals surface area contributed by atoms with Crippen LogP contribution < -0.4 is 4.74 Å².